The molecule has 1 unspecified atom stereocenters. The lowest BCUT2D eigenvalue weighted by molar-refractivity contribution is -0.115. The molecule has 0 aliphatic carbocycles. The number of rotatable bonds is 6. The fourth-order valence-electron chi connectivity index (χ4n) is 2.30. The normalized spacial score (nSPS) is 12.2. The van der Waals surface area contributed by atoms with Gasteiger partial charge in [-0.3, -0.25) is 9.36 Å². The SMILES string of the molecule is CCn1c(SC(C)C(=O)Nc2c(F)cccc2F)nnc1-c1ccco1. The van der Waals surface area contributed by atoms with Crippen LogP contribution in [0.15, 0.2) is 46.2 Å². The standard InChI is InChI=1S/C17H16F2N4O2S/c1-3-23-15(13-8-5-9-25-13)21-22-17(23)26-10(2)16(24)20-14-11(18)6-4-7-12(14)19/h4-10H,3H2,1-2H3,(H,20,24). The smallest absolute Gasteiger partial charge is 0.237 e. The van der Waals surface area contributed by atoms with Gasteiger partial charge in [0.25, 0.3) is 0 Å². The summed E-state index contributed by atoms with van der Waals surface area (Å²) >= 11 is 1.14. The number of para-hydroxylation sites is 1. The second-order valence-electron chi connectivity index (χ2n) is 5.37. The molecule has 1 N–H and O–H groups in total. The van der Waals surface area contributed by atoms with Gasteiger partial charge in [0, 0.05) is 6.54 Å². The molecular formula is C17H16F2N4O2S. The molecule has 0 aliphatic heterocycles. The number of anilines is 1. The summed E-state index contributed by atoms with van der Waals surface area (Å²) in [5.74, 6) is -1.08. The Morgan fingerprint density at radius 2 is 2.00 bits per heavy atom. The molecule has 0 radical (unpaired) electrons. The van der Waals surface area contributed by atoms with Crippen molar-refractivity contribution >= 4 is 23.4 Å². The van der Waals surface area contributed by atoms with E-state index in [9.17, 15) is 13.6 Å². The summed E-state index contributed by atoms with van der Waals surface area (Å²) in [4.78, 5) is 12.3. The van der Waals surface area contributed by atoms with E-state index >= 15 is 0 Å². The number of carbonyl (C=O) groups excluding carboxylic acids is 1. The topological polar surface area (TPSA) is 73.0 Å². The van der Waals surface area contributed by atoms with E-state index in [-0.39, 0.29) is 0 Å². The Bertz CT molecular complexity index is 891. The number of aromatic nitrogens is 3. The summed E-state index contributed by atoms with van der Waals surface area (Å²) in [7, 11) is 0. The van der Waals surface area contributed by atoms with Crippen LogP contribution in [0.2, 0.25) is 0 Å². The van der Waals surface area contributed by atoms with E-state index in [1.165, 1.54) is 12.3 Å². The molecular weight excluding hydrogens is 362 g/mol. The van der Waals surface area contributed by atoms with Crippen LogP contribution in [0.25, 0.3) is 11.6 Å². The first-order chi connectivity index (χ1) is 12.5. The number of benzene rings is 1. The van der Waals surface area contributed by atoms with Crippen LogP contribution in [0.3, 0.4) is 0 Å². The molecule has 1 aromatic carbocycles. The average molecular weight is 378 g/mol. The molecule has 1 atom stereocenters. The van der Waals surface area contributed by atoms with Crippen molar-refractivity contribution in [3.8, 4) is 11.6 Å². The maximum atomic E-state index is 13.7. The Kier molecular flexibility index (Phi) is 5.36. The summed E-state index contributed by atoms with van der Waals surface area (Å²) in [5.41, 5.74) is -0.460. The number of nitrogens with one attached hydrogen (secondary N) is 1. The predicted molar refractivity (Wildman–Crippen MR) is 93.7 cm³/mol. The molecule has 9 heteroatoms. The van der Waals surface area contributed by atoms with Crippen molar-refractivity contribution in [2.24, 2.45) is 0 Å². The lowest BCUT2D eigenvalue weighted by Gasteiger charge is -2.13. The van der Waals surface area contributed by atoms with Gasteiger partial charge in [-0.2, -0.15) is 0 Å². The Morgan fingerprint density at radius 3 is 2.62 bits per heavy atom. The van der Waals surface area contributed by atoms with E-state index in [1.54, 1.807) is 23.6 Å². The van der Waals surface area contributed by atoms with Crippen molar-refractivity contribution in [1.82, 2.24) is 14.8 Å². The highest BCUT2D eigenvalue weighted by molar-refractivity contribution is 8.00. The highest BCUT2D eigenvalue weighted by Crippen LogP contribution is 2.28. The van der Waals surface area contributed by atoms with E-state index in [1.807, 2.05) is 6.92 Å². The molecule has 1 amide bonds. The minimum absolute atomic E-state index is 0.460. The van der Waals surface area contributed by atoms with E-state index in [4.69, 9.17) is 4.42 Å². The zero-order chi connectivity index (χ0) is 18.7. The third-order valence-electron chi connectivity index (χ3n) is 3.64. The number of furan rings is 1. The van der Waals surface area contributed by atoms with Crippen molar-refractivity contribution in [1.29, 1.82) is 0 Å². The monoisotopic (exact) mass is 378 g/mol. The lowest BCUT2D eigenvalue weighted by atomic mass is 10.3. The molecule has 3 rings (SSSR count). The van der Waals surface area contributed by atoms with Gasteiger partial charge in [0.2, 0.25) is 5.91 Å². The fraction of sp³-hybridized carbons (Fsp3) is 0.235. The van der Waals surface area contributed by atoms with Crippen LogP contribution < -0.4 is 5.32 Å². The summed E-state index contributed by atoms with van der Waals surface area (Å²) in [6.07, 6.45) is 1.54. The quantitative estimate of drug-likeness (QED) is 0.658. The first kappa shape index (κ1) is 18.1. The molecule has 0 fully saturated rings. The van der Waals surface area contributed by atoms with Gasteiger partial charge in [0.1, 0.15) is 17.3 Å². The van der Waals surface area contributed by atoms with Crippen molar-refractivity contribution < 1.29 is 18.0 Å². The van der Waals surface area contributed by atoms with Crippen molar-refractivity contribution in [3.05, 3.63) is 48.2 Å². The van der Waals surface area contributed by atoms with Gasteiger partial charge < -0.3 is 9.73 Å². The number of thioether (sulfide) groups is 1. The number of carbonyl (C=O) groups is 1. The Balaban J connectivity index is 1.76. The summed E-state index contributed by atoms with van der Waals surface area (Å²) in [6, 6.07) is 6.91. The number of hydrogen-bond donors (Lipinski definition) is 1. The minimum atomic E-state index is -0.826. The van der Waals surface area contributed by atoms with Crippen molar-refractivity contribution in [2.75, 3.05) is 5.32 Å². The number of nitrogens with zero attached hydrogens (tertiary/aromatic N) is 3. The maximum Gasteiger partial charge on any atom is 0.237 e. The summed E-state index contributed by atoms with van der Waals surface area (Å²) < 4.78 is 34.5. The molecule has 0 bridgehead atoms. The van der Waals surface area contributed by atoms with E-state index in [2.05, 4.69) is 15.5 Å². The molecule has 136 valence electrons. The maximum absolute atomic E-state index is 13.7. The second-order valence-corrected chi connectivity index (χ2v) is 6.68. The van der Waals surface area contributed by atoms with Gasteiger partial charge in [-0.05, 0) is 38.1 Å². The third kappa shape index (κ3) is 3.62. The van der Waals surface area contributed by atoms with Crippen LogP contribution in [0.5, 0.6) is 0 Å². The first-order valence-corrected chi connectivity index (χ1v) is 8.77. The lowest BCUT2D eigenvalue weighted by Crippen LogP contribution is -2.24. The molecule has 0 spiro atoms. The molecule has 6 nitrogen and oxygen atoms in total. The van der Waals surface area contributed by atoms with Gasteiger partial charge in [-0.25, -0.2) is 8.78 Å². The van der Waals surface area contributed by atoms with Crippen LogP contribution in [0.4, 0.5) is 14.5 Å². The molecule has 0 saturated heterocycles. The Morgan fingerprint density at radius 1 is 1.27 bits per heavy atom. The first-order valence-electron chi connectivity index (χ1n) is 7.89. The van der Waals surface area contributed by atoms with Crippen LogP contribution >= 0.6 is 11.8 Å². The highest BCUT2D eigenvalue weighted by atomic mass is 32.2. The van der Waals surface area contributed by atoms with Crippen LogP contribution in [0.1, 0.15) is 13.8 Å². The molecule has 2 aromatic heterocycles. The zero-order valence-electron chi connectivity index (χ0n) is 14.1. The number of halogens is 2. The Labute approximate surface area is 152 Å². The van der Waals surface area contributed by atoms with Crippen LogP contribution in [0, 0.1) is 11.6 Å². The highest BCUT2D eigenvalue weighted by Gasteiger charge is 2.22. The molecule has 2 heterocycles. The van der Waals surface area contributed by atoms with Gasteiger partial charge in [0.05, 0.1) is 11.5 Å². The predicted octanol–water partition coefficient (Wildman–Crippen LogP) is 3.96. The summed E-state index contributed by atoms with van der Waals surface area (Å²) in [6.45, 7) is 4.11. The van der Waals surface area contributed by atoms with Gasteiger partial charge in [-0.1, -0.05) is 17.8 Å². The van der Waals surface area contributed by atoms with E-state index in [0.29, 0.717) is 23.3 Å². The molecule has 0 saturated carbocycles. The zero-order valence-corrected chi connectivity index (χ0v) is 14.9. The van der Waals surface area contributed by atoms with Gasteiger partial charge in [0.15, 0.2) is 16.7 Å². The van der Waals surface area contributed by atoms with Gasteiger partial charge in [-0.15, -0.1) is 10.2 Å². The molecule has 0 aliphatic rings. The number of amides is 1. The average Bonchev–Trinajstić information content (AvgIpc) is 3.27. The Hall–Kier alpha value is -2.68. The van der Waals surface area contributed by atoms with Gasteiger partial charge >= 0.3 is 0 Å². The number of hydrogen-bond acceptors (Lipinski definition) is 5. The fourth-order valence-corrected chi connectivity index (χ4v) is 3.22. The van der Waals surface area contributed by atoms with Crippen LogP contribution in [-0.2, 0) is 11.3 Å². The third-order valence-corrected chi connectivity index (χ3v) is 4.72. The molecule has 3 aromatic rings. The van der Waals surface area contributed by atoms with E-state index in [0.717, 1.165) is 23.9 Å². The molecule has 26 heavy (non-hydrogen) atoms. The van der Waals surface area contributed by atoms with Crippen molar-refractivity contribution in [3.63, 3.8) is 0 Å². The van der Waals surface area contributed by atoms with Crippen LogP contribution in [-0.4, -0.2) is 25.9 Å². The van der Waals surface area contributed by atoms with Crippen molar-refractivity contribution in [2.45, 2.75) is 30.8 Å². The van der Waals surface area contributed by atoms with E-state index < -0.39 is 28.5 Å². The summed E-state index contributed by atoms with van der Waals surface area (Å²) in [5, 5.41) is 10.3. The second kappa shape index (κ2) is 7.69. The minimum Gasteiger partial charge on any atom is -0.461 e. The largest absolute Gasteiger partial charge is 0.461 e.